The maximum atomic E-state index is 12.0. The number of ether oxygens (including phenoxy) is 2. The molecule has 1 aliphatic rings. The van der Waals surface area contributed by atoms with Crippen molar-refractivity contribution in [2.75, 3.05) is 32.1 Å². The normalized spacial score (nSPS) is 17.0. The van der Waals surface area contributed by atoms with Crippen LogP contribution in [0.3, 0.4) is 0 Å². The number of amides is 1. The predicted molar refractivity (Wildman–Crippen MR) is 84.9 cm³/mol. The number of carbonyl (C=O) groups excluding carboxylic acids is 1. The zero-order valence-electron chi connectivity index (χ0n) is 13.3. The van der Waals surface area contributed by atoms with Crippen molar-refractivity contribution in [3.05, 3.63) is 27.8 Å². The van der Waals surface area contributed by atoms with Gasteiger partial charge in [-0.1, -0.05) is 0 Å². The molecule has 1 aromatic rings. The molecule has 2 rings (SSSR count). The monoisotopic (exact) mass is 323 g/mol. The molecular formula is C15H21N3O5. The Labute approximate surface area is 134 Å². The number of benzene rings is 1. The summed E-state index contributed by atoms with van der Waals surface area (Å²) >= 11 is 0. The first-order valence-electron chi connectivity index (χ1n) is 7.46. The minimum Gasteiger partial charge on any atom is -0.490 e. The largest absolute Gasteiger partial charge is 0.490 e. The van der Waals surface area contributed by atoms with Crippen LogP contribution in [0.2, 0.25) is 0 Å². The number of hydrogen-bond donors (Lipinski definition) is 2. The van der Waals surface area contributed by atoms with Gasteiger partial charge in [-0.25, -0.2) is 0 Å². The zero-order valence-corrected chi connectivity index (χ0v) is 13.3. The quantitative estimate of drug-likeness (QED) is 0.584. The molecule has 23 heavy (non-hydrogen) atoms. The van der Waals surface area contributed by atoms with E-state index in [2.05, 4.69) is 10.6 Å². The topological polar surface area (TPSA) is 103 Å². The third kappa shape index (κ3) is 4.64. The van der Waals surface area contributed by atoms with E-state index in [9.17, 15) is 14.9 Å². The number of nitro benzene ring substituents is 1. The smallest absolute Gasteiger partial charge is 0.311 e. The van der Waals surface area contributed by atoms with Gasteiger partial charge in [-0.2, -0.15) is 0 Å². The molecule has 126 valence electrons. The van der Waals surface area contributed by atoms with Gasteiger partial charge < -0.3 is 20.1 Å². The summed E-state index contributed by atoms with van der Waals surface area (Å²) in [5.74, 6) is -0.106. The number of anilines is 1. The van der Waals surface area contributed by atoms with E-state index in [4.69, 9.17) is 9.47 Å². The zero-order chi connectivity index (χ0) is 16.8. The van der Waals surface area contributed by atoms with Crippen LogP contribution < -0.4 is 15.4 Å². The molecule has 0 bridgehead atoms. The van der Waals surface area contributed by atoms with Crippen LogP contribution in [0.1, 0.15) is 18.4 Å². The maximum absolute atomic E-state index is 12.0. The van der Waals surface area contributed by atoms with E-state index < -0.39 is 4.92 Å². The fourth-order valence-corrected chi connectivity index (χ4v) is 2.46. The molecule has 1 amide bonds. The van der Waals surface area contributed by atoms with Crippen LogP contribution in [-0.2, 0) is 9.53 Å². The lowest BCUT2D eigenvalue weighted by molar-refractivity contribution is -0.385. The molecule has 0 saturated carbocycles. The summed E-state index contributed by atoms with van der Waals surface area (Å²) in [5, 5.41) is 16.7. The summed E-state index contributed by atoms with van der Waals surface area (Å²) in [6, 6.07) is 2.85. The Morgan fingerprint density at radius 1 is 1.52 bits per heavy atom. The lowest BCUT2D eigenvalue weighted by Gasteiger charge is -2.13. The third-order valence-corrected chi connectivity index (χ3v) is 3.68. The SMILES string of the molecule is COc1cc(NC(=O)CNCC2CCCO2)c(C)cc1[N+](=O)[O-]. The van der Waals surface area contributed by atoms with Crippen LogP contribution in [0.15, 0.2) is 12.1 Å². The van der Waals surface area contributed by atoms with Gasteiger partial charge in [-0.05, 0) is 25.3 Å². The average Bonchev–Trinajstić information content (AvgIpc) is 3.02. The second kappa shape index (κ2) is 7.89. The molecule has 0 radical (unpaired) electrons. The summed E-state index contributed by atoms with van der Waals surface area (Å²) in [6.07, 6.45) is 2.23. The fraction of sp³-hybridized carbons (Fsp3) is 0.533. The van der Waals surface area contributed by atoms with E-state index in [-0.39, 0.29) is 30.0 Å². The molecule has 1 aliphatic heterocycles. The molecule has 8 nitrogen and oxygen atoms in total. The molecule has 0 spiro atoms. The molecule has 1 unspecified atom stereocenters. The Hall–Kier alpha value is -2.19. The van der Waals surface area contributed by atoms with Crippen LogP contribution in [0.4, 0.5) is 11.4 Å². The van der Waals surface area contributed by atoms with Gasteiger partial charge in [0.15, 0.2) is 5.75 Å². The van der Waals surface area contributed by atoms with Crippen LogP contribution in [0.25, 0.3) is 0 Å². The van der Waals surface area contributed by atoms with Crippen molar-refractivity contribution >= 4 is 17.3 Å². The summed E-state index contributed by atoms with van der Waals surface area (Å²) in [5.41, 5.74) is 0.973. The van der Waals surface area contributed by atoms with Crippen molar-refractivity contribution in [3.63, 3.8) is 0 Å². The van der Waals surface area contributed by atoms with E-state index in [1.807, 2.05) is 0 Å². The summed E-state index contributed by atoms with van der Waals surface area (Å²) in [7, 11) is 1.35. The minimum atomic E-state index is -0.513. The molecule has 0 aromatic heterocycles. The Kier molecular flexibility index (Phi) is 5.89. The first-order chi connectivity index (χ1) is 11.0. The van der Waals surface area contributed by atoms with Crippen LogP contribution in [-0.4, -0.2) is 43.7 Å². The molecule has 1 aromatic carbocycles. The number of nitro groups is 1. The number of carbonyl (C=O) groups is 1. The van der Waals surface area contributed by atoms with Gasteiger partial charge in [0.05, 0.1) is 24.7 Å². The Morgan fingerprint density at radius 2 is 2.30 bits per heavy atom. The van der Waals surface area contributed by atoms with Crippen LogP contribution in [0, 0.1) is 17.0 Å². The Balaban J connectivity index is 1.93. The number of hydrogen-bond acceptors (Lipinski definition) is 6. The van der Waals surface area contributed by atoms with Crippen molar-refractivity contribution in [1.29, 1.82) is 0 Å². The van der Waals surface area contributed by atoms with Crippen molar-refractivity contribution in [2.24, 2.45) is 0 Å². The van der Waals surface area contributed by atoms with Crippen LogP contribution in [0.5, 0.6) is 5.75 Å². The van der Waals surface area contributed by atoms with Gasteiger partial charge in [-0.3, -0.25) is 14.9 Å². The minimum absolute atomic E-state index is 0.114. The van der Waals surface area contributed by atoms with Gasteiger partial charge in [-0.15, -0.1) is 0 Å². The van der Waals surface area contributed by atoms with Gasteiger partial charge in [0.1, 0.15) is 0 Å². The molecule has 1 heterocycles. The molecule has 2 N–H and O–H groups in total. The molecular weight excluding hydrogens is 302 g/mol. The molecule has 0 aliphatic carbocycles. The molecule has 8 heteroatoms. The van der Waals surface area contributed by atoms with Gasteiger partial charge in [0.2, 0.25) is 5.91 Å². The number of aryl methyl sites for hydroxylation is 1. The van der Waals surface area contributed by atoms with Crippen molar-refractivity contribution in [1.82, 2.24) is 5.32 Å². The first-order valence-corrected chi connectivity index (χ1v) is 7.46. The van der Waals surface area contributed by atoms with Crippen molar-refractivity contribution in [3.8, 4) is 5.75 Å². The van der Waals surface area contributed by atoms with E-state index >= 15 is 0 Å². The van der Waals surface area contributed by atoms with Gasteiger partial charge in [0, 0.05) is 31.0 Å². The standard InChI is InChI=1S/C15H21N3O5/c1-10-6-13(18(20)21)14(22-2)7-12(10)17-15(19)9-16-8-11-4-3-5-23-11/h6-7,11,16H,3-5,8-9H2,1-2H3,(H,17,19). The van der Waals surface area contributed by atoms with Crippen molar-refractivity contribution in [2.45, 2.75) is 25.9 Å². The van der Waals surface area contributed by atoms with Gasteiger partial charge in [0.25, 0.3) is 0 Å². The summed E-state index contributed by atoms with van der Waals surface area (Å²) in [6.45, 7) is 3.26. The molecule has 1 atom stereocenters. The summed E-state index contributed by atoms with van der Waals surface area (Å²) < 4.78 is 10.5. The summed E-state index contributed by atoms with van der Waals surface area (Å²) in [4.78, 5) is 22.4. The lowest BCUT2D eigenvalue weighted by Crippen LogP contribution is -2.33. The number of nitrogens with one attached hydrogen (secondary N) is 2. The highest BCUT2D eigenvalue weighted by Crippen LogP contribution is 2.32. The van der Waals surface area contributed by atoms with E-state index in [1.165, 1.54) is 19.2 Å². The lowest BCUT2D eigenvalue weighted by atomic mass is 10.1. The number of rotatable bonds is 7. The highest BCUT2D eigenvalue weighted by atomic mass is 16.6. The van der Waals surface area contributed by atoms with Crippen LogP contribution >= 0.6 is 0 Å². The fourth-order valence-electron chi connectivity index (χ4n) is 2.46. The van der Waals surface area contributed by atoms with Crippen molar-refractivity contribution < 1.29 is 19.2 Å². The van der Waals surface area contributed by atoms with Gasteiger partial charge >= 0.3 is 5.69 Å². The predicted octanol–water partition coefficient (Wildman–Crippen LogP) is 1.62. The highest BCUT2D eigenvalue weighted by Gasteiger charge is 2.19. The average molecular weight is 323 g/mol. The Bertz CT molecular complexity index is 585. The third-order valence-electron chi connectivity index (χ3n) is 3.68. The highest BCUT2D eigenvalue weighted by molar-refractivity contribution is 5.93. The van der Waals surface area contributed by atoms with E-state index in [0.717, 1.165) is 19.4 Å². The number of methoxy groups -OCH3 is 1. The second-order valence-electron chi connectivity index (χ2n) is 5.41. The van der Waals surface area contributed by atoms with E-state index in [0.29, 0.717) is 17.8 Å². The molecule has 1 saturated heterocycles. The maximum Gasteiger partial charge on any atom is 0.311 e. The number of nitrogens with zero attached hydrogens (tertiary/aromatic N) is 1. The Morgan fingerprint density at radius 3 is 2.91 bits per heavy atom. The second-order valence-corrected chi connectivity index (χ2v) is 5.41. The molecule has 1 fully saturated rings. The first kappa shape index (κ1) is 17.2. The van der Waals surface area contributed by atoms with E-state index in [1.54, 1.807) is 6.92 Å².